The van der Waals surface area contributed by atoms with Crippen LogP contribution in [0.3, 0.4) is 0 Å². The molecule has 1 saturated carbocycles. The molecule has 0 amide bonds. The number of aromatic nitrogens is 1. The highest BCUT2D eigenvalue weighted by molar-refractivity contribution is 5.80. The van der Waals surface area contributed by atoms with Crippen molar-refractivity contribution >= 4 is 5.91 Å². The van der Waals surface area contributed by atoms with Crippen LogP contribution in [-0.2, 0) is 0 Å². The quantitative estimate of drug-likeness (QED) is 0.844. The molecule has 1 aromatic carbocycles. The Balaban J connectivity index is 1.74. The molecule has 0 bridgehead atoms. The highest BCUT2D eigenvalue weighted by Crippen LogP contribution is 2.20. The van der Waals surface area contributed by atoms with Gasteiger partial charge in [-0.3, -0.25) is 14.4 Å². The number of nitrogens with zero attached hydrogens (tertiary/aromatic N) is 2. The van der Waals surface area contributed by atoms with Gasteiger partial charge in [0.05, 0.1) is 6.04 Å². The summed E-state index contributed by atoms with van der Waals surface area (Å²) in [5, 5.41) is 0. The van der Waals surface area contributed by atoms with E-state index in [4.69, 9.17) is 9.73 Å². The van der Waals surface area contributed by atoms with Crippen molar-refractivity contribution in [2.45, 2.75) is 52.0 Å². The molecule has 1 fully saturated rings. The van der Waals surface area contributed by atoms with Gasteiger partial charge in [-0.15, -0.1) is 0 Å². The van der Waals surface area contributed by atoms with Gasteiger partial charge in [-0.1, -0.05) is 43.0 Å². The van der Waals surface area contributed by atoms with Gasteiger partial charge in [0.1, 0.15) is 11.2 Å². The predicted octanol–water partition coefficient (Wildman–Crippen LogP) is 4.06. The molecule has 0 aliphatic heterocycles. The first-order valence-electron chi connectivity index (χ1n) is 9.08. The van der Waals surface area contributed by atoms with Crippen LogP contribution in [0, 0.1) is 13.8 Å². The molecule has 4 heteroatoms. The van der Waals surface area contributed by atoms with Gasteiger partial charge in [0.2, 0.25) is 0 Å². The van der Waals surface area contributed by atoms with Gasteiger partial charge < -0.3 is 4.74 Å². The summed E-state index contributed by atoms with van der Waals surface area (Å²) in [6, 6.07) is 12.0. The number of benzene rings is 1. The summed E-state index contributed by atoms with van der Waals surface area (Å²) in [4.78, 5) is 17.4. The average Bonchev–Trinajstić information content (AvgIpc) is 2.62. The number of hydrogen-bond acceptors (Lipinski definition) is 3. The van der Waals surface area contributed by atoms with Crippen LogP contribution in [0.2, 0.25) is 0 Å². The fourth-order valence-electron chi connectivity index (χ4n) is 3.32. The van der Waals surface area contributed by atoms with Crippen LogP contribution in [0.25, 0.3) is 0 Å². The normalized spacial score (nSPS) is 16.0. The van der Waals surface area contributed by atoms with E-state index in [2.05, 4.69) is 6.07 Å². The second-order valence-electron chi connectivity index (χ2n) is 6.80. The average molecular weight is 338 g/mol. The van der Waals surface area contributed by atoms with E-state index in [1.807, 2.05) is 44.2 Å². The summed E-state index contributed by atoms with van der Waals surface area (Å²) in [6.07, 6.45) is 7.75. The van der Waals surface area contributed by atoms with Crippen LogP contribution in [0.15, 0.2) is 47.6 Å². The third-order valence-corrected chi connectivity index (χ3v) is 4.68. The Bertz CT molecular complexity index is 802. The molecule has 0 atom stereocenters. The van der Waals surface area contributed by atoms with Gasteiger partial charge in [0, 0.05) is 6.20 Å². The highest BCUT2D eigenvalue weighted by Gasteiger charge is 2.13. The van der Waals surface area contributed by atoms with Gasteiger partial charge in [0.25, 0.3) is 5.91 Å². The number of rotatable bonds is 4. The van der Waals surface area contributed by atoms with E-state index >= 15 is 0 Å². The molecule has 3 rings (SSSR count). The predicted molar refractivity (Wildman–Crippen MR) is 98.9 cm³/mol. The van der Waals surface area contributed by atoms with Crippen molar-refractivity contribution in [1.82, 2.24) is 4.57 Å². The molecule has 4 nitrogen and oxygen atoms in total. The highest BCUT2D eigenvalue weighted by atomic mass is 16.5. The van der Waals surface area contributed by atoms with E-state index in [1.54, 1.807) is 10.8 Å². The molecule has 0 spiro atoms. The van der Waals surface area contributed by atoms with Gasteiger partial charge in [0.15, 0.2) is 6.61 Å². The van der Waals surface area contributed by atoms with E-state index in [1.165, 1.54) is 24.8 Å². The summed E-state index contributed by atoms with van der Waals surface area (Å²) in [5.41, 5.74) is 2.95. The lowest BCUT2D eigenvalue weighted by Crippen LogP contribution is -2.32. The Morgan fingerprint density at radius 2 is 1.96 bits per heavy atom. The molecule has 0 radical (unpaired) electrons. The fourth-order valence-corrected chi connectivity index (χ4v) is 3.32. The molecular formula is C21H26N2O2. The first-order valence-corrected chi connectivity index (χ1v) is 9.08. The minimum absolute atomic E-state index is 0.00572. The van der Waals surface area contributed by atoms with Gasteiger partial charge in [-0.2, -0.15) is 0 Å². The van der Waals surface area contributed by atoms with Gasteiger partial charge in [-0.25, -0.2) is 0 Å². The molecular weight excluding hydrogens is 312 g/mol. The van der Waals surface area contributed by atoms with Crippen LogP contribution < -0.4 is 10.2 Å². The molecule has 2 aromatic rings. The number of pyridine rings is 1. The van der Waals surface area contributed by atoms with Crippen molar-refractivity contribution in [2.75, 3.05) is 6.61 Å². The van der Waals surface area contributed by atoms with Crippen molar-refractivity contribution in [1.29, 1.82) is 0 Å². The zero-order valence-electron chi connectivity index (χ0n) is 15.1. The maximum atomic E-state index is 12.6. The first kappa shape index (κ1) is 17.5. The van der Waals surface area contributed by atoms with Crippen LogP contribution in [0.5, 0.6) is 5.75 Å². The molecule has 25 heavy (non-hydrogen) atoms. The smallest absolute Gasteiger partial charge is 0.270 e. The summed E-state index contributed by atoms with van der Waals surface area (Å²) >= 11 is 0. The Morgan fingerprint density at radius 3 is 2.72 bits per heavy atom. The zero-order chi connectivity index (χ0) is 17.6. The summed E-state index contributed by atoms with van der Waals surface area (Å²) in [5.74, 6) is 0.649. The fraction of sp³-hybridized carbons (Fsp3) is 0.429. The molecule has 1 aliphatic rings. The molecule has 1 heterocycles. The zero-order valence-corrected chi connectivity index (χ0v) is 15.1. The molecule has 0 unspecified atom stereocenters. The number of aryl methyl sites for hydroxylation is 2. The Kier molecular flexibility index (Phi) is 5.69. The van der Waals surface area contributed by atoms with Gasteiger partial charge in [-0.05, 0) is 50.5 Å². The molecule has 132 valence electrons. The van der Waals surface area contributed by atoms with Crippen LogP contribution in [-0.4, -0.2) is 23.1 Å². The largest absolute Gasteiger partial charge is 0.483 e. The number of carbonyl (C=O) groups excluding carboxylic acids is 1. The molecule has 1 aromatic heterocycles. The van der Waals surface area contributed by atoms with E-state index in [0.717, 1.165) is 29.6 Å². The SMILES string of the molecule is Cc1ccc(OCC(=O)n2ccccc2=NC2CCCCC2)c(C)c1. The van der Waals surface area contributed by atoms with Crippen molar-refractivity contribution in [2.24, 2.45) is 4.99 Å². The Labute approximate surface area is 149 Å². The van der Waals surface area contributed by atoms with Crippen LogP contribution in [0.4, 0.5) is 0 Å². The lowest BCUT2D eigenvalue weighted by atomic mass is 9.96. The van der Waals surface area contributed by atoms with E-state index in [9.17, 15) is 4.79 Å². The monoisotopic (exact) mass is 338 g/mol. The van der Waals surface area contributed by atoms with Crippen molar-refractivity contribution in [3.63, 3.8) is 0 Å². The van der Waals surface area contributed by atoms with Crippen LogP contribution >= 0.6 is 0 Å². The minimum atomic E-state index is -0.102. The van der Waals surface area contributed by atoms with Crippen LogP contribution in [0.1, 0.15) is 48.0 Å². The second-order valence-corrected chi connectivity index (χ2v) is 6.80. The van der Waals surface area contributed by atoms with E-state index < -0.39 is 0 Å². The lowest BCUT2D eigenvalue weighted by molar-refractivity contribution is 0.0831. The Hall–Kier alpha value is -2.36. The topological polar surface area (TPSA) is 43.6 Å². The van der Waals surface area contributed by atoms with E-state index in [0.29, 0.717) is 6.04 Å². The van der Waals surface area contributed by atoms with E-state index in [-0.39, 0.29) is 12.5 Å². The molecule has 1 aliphatic carbocycles. The third-order valence-electron chi connectivity index (χ3n) is 4.68. The second kappa shape index (κ2) is 8.15. The molecule has 0 N–H and O–H groups in total. The summed E-state index contributed by atoms with van der Waals surface area (Å²) in [6.45, 7) is 4.04. The minimum Gasteiger partial charge on any atom is -0.483 e. The van der Waals surface area contributed by atoms with Crippen molar-refractivity contribution < 1.29 is 9.53 Å². The summed E-state index contributed by atoms with van der Waals surface area (Å²) in [7, 11) is 0. The van der Waals surface area contributed by atoms with Gasteiger partial charge >= 0.3 is 0 Å². The number of hydrogen-bond donors (Lipinski definition) is 0. The summed E-state index contributed by atoms with van der Waals surface area (Å²) < 4.78 is 7.35. The lowest BCUT2D eigenvalue weighted by Gasteiger charge is -2.18. The van der Waals surface area contributed by atoms with Crippen molar-refractivity contribution in [3.8, 4) is 5.75 Å². The standard InChI is InChI=1S/C21H26N2O2/c1-16-11-12-19(17(2)14-16)25-15-21(24)23-13-7-6-10-20(23)22-18-8-4-3-5-9-18/h6-7,10-14,18H,3-5,8-9,15H2,1-2H3. The number of carbonyl (C=O) groups is 1. The maximum Gasteiger partial charge on any atom is 0.270 e. The van der Waals surface area contributed by atoms with Crippen molar-refractivity contribution in [3.05, 3.63) is 59.2 Å². The molecule has 0 saturated heterocycles. The Morgan fingerprint density at radius 1 is 1.16 bits per heavy atom. The maximum absolute atomic E-state index is 12.6. The number of ether oxygens (including phenoxy) is 1. The third kappa shape index (κ3) is 4.59. The first-order chi connectivity index (χ1) is 12.1.